The van der Waals surface area contributed by atoms with Crippen LogP contribution in [0.3, 0.4) is 0 Å². The van der Waals surface area contributed by atoms with Crippen molar-refractivity contribution < 1.29 is 14.3 Å². The van der Waals surface area contributed by atoms with Gasteiger partial charge < -0.3 is 20.1 Å². The lowest BCUT2D eigenvalue weighted by Crippen LogP contribution is -2.21. The molecule has 2 aromatic rings. The number of rotatable bonds is 8. The summed E-state index contributed by atoms with van der Waals surface area (Å²) in [6.45, 7) is 6.33. The van der Waals surface area contributed by atoms with Crippen molar-refractivity contribution in [2.45, 2.75) is 26.3 Å². The van der Waals surface area contributed by atoms with Crippen LogP contribution in [0.4, 0.5) is 11.8 Å². The standard InChI is InChI=1S/C21H26N4O3/c1-3-22-21-23-13-18(20(25-21)24-17-10-11-27-14-17)16-7-5-6-15(12-16)8-9-19(26)28-4-2/h5-9,12-13,17H,3-4,10-11,14H2,1-2H3,(H2,22,23,24,25)/b9-8+/t17-/m1/s1. The molecule has 1 atom stereocenters. The van der Waals surface area contributed by atoms with Gasteiger partial charge in [-0.3, -0.25) is 0 Å². The fraction of sp³-hybridized carbons (Fsp3) is 0.381. The van der Waals surface area contributed by atoms with E-state index in [9.17, 15) is 4.79 Å². The number of esters is 1. The zero-order chi connectivity index (χ0) is 19.8. The maximum Gasteiger partial charge on any atom is 0.330 e. The summed E-state index contributed by atoms with van der Waals surface area (Å²) in [7, 11) is 0. The van der Waals surface area contributed by atoms with Gasteiger partial charge in [-0.2, -0.15) is 4.98 Å². The van der Waals surface area contributed by atoms with Gasteiger partial charge in [0.2, 0.25) is 5.95 Å². The summed E-state index contributed by atoms with van der Waals surface area (Å²) in [5.74, 6) is 1.01. The fourth-order valence-electron chi connectivity index (χ4n) is 2.95. The van der Waals surface area contributed by atoms with Crippen molar-refractivity contribution in [2.24, 2.45) is 0 Å². The minimum absolute atomic E-state index is 0.231. The summed E-state index contributed by atoms with van der Waals surface area (Å²) in [6.07, 6.45) is 5.94. The van der Waals surface area contributed by atoms with Crippen LogP contribution in [0.15, 0.2) is 36.5 Å². The van der Waals surface area contributed by atoms with Gasteiger partial charge in [0, 0.05) is 31.0 Å². The maximum absolute atomic E-state index is 11.6. The lowest BCUT2D eigenvalue weighted by Gasteiger charge is -2.16. The van der Waals surface area contributed by atoms with Crippen LogP contribution in [0.1, 0.15) is 25.8 Å². The van der Waals surface area contributed by atoms with Crippen LogP contribution in [0, 0.1) is 0 Å². The van der Waals surface area contributed by atoms with Crippen LogP contribution in [-0.2, 0) is 14.3 Å². The Labute approximate surface area is 165 Å². The second-order valence-electron chi connectivity index (χ2n) is 6.40. The molecule has 2 heterocycles. The van der Waals surface area contributed by atoms with Crippen molar-refractivity contribution in [2.75, 3.05) is 37.0 Å². The van der Waals surface area contributed by atoms with E-state index in [1.165, 1.54) is 6.08 Å². The molecule has 3 rings (SSSR count). The quantitative estimate of drug-likeness (QED) is 0.535. The fourth-order valence-corrected chi connectivity index (χ4v) is 2.95. The predicted octanol–water partition coefficient (Wildman–Crippen LogP) is 3.35. The van der Waals surface area contributed by atoms with Gasteiger partial charge in [-0.1, -0.05) is 18.2 Å². The number of anilines is 2. The minimum atomic E-state index is -0.352. The molecule has 28 heavy (non-hydrogen) atoms. The number of nitrogens with zero attached hydrogens (tertiary/aromatic N) is 2. The largest absolute Gasteiger partial charge is 0.463 e. The van der Waals surface area contributed by atoms with Crippen molar-refractivity contribution >= 4 is 23.8 Å². The first-order valence-electron chi connectivity index (χ1n) is 9.60. The molecule has 7 heteroatoms. The minimum Gasteiger partial charge on any atom is -0.463 e. The SMILES string of the molecule is CCNc1ncc(-c2cccc(/C=C/C(=O)OCC)c2)c(N[C@@H]2CCOC2)n1. The van der Waals surface area contributed by atoms with Crippen molar-refractivity contribution in [3.05, 3.63) is 42.1 Å². The van der Waals surface area contributed by atoms with Crippen molar-refractivity contribution in [3.63, 3.8) is 0 Å². The van der Waals surface area contributed by atoms with E-state index in [-0.39, 0.29) is 12.0 Å². The molecule has 0 aliphatic carbocycles. The Bertz CT molecular complexity index is 832. The first-order valence-corrected chi connectivity index (χ1v) is 9.60. The van der Waals surface area contributed by atoms with Crippen LogP contribution < -0.4 is 10.6 Å². The van der Waals surface area contributed by atoms with Gasteiger partial charge in [-0.25, -0.2) is 9.78 Å². The van der Waals surface area contributed by atoms with E-state index in [1.54, 1.807) is 13.0 Å². The Hall–Kier alpha value is -2.93. The van der Waals surface area contributed by atoms with Crippen LogP contribution in [0.2, 0.25) is 0 Å². The molecular formula is C21H26N4O3. The molecule has 7 nitrogen and oxygen atoms in total. The molecule has 1 fully saturated rings. The second-order valence-corrected chi connectivity index (χ2v) is 6.40. The number of carbonyl (C=O) groups excluding carboxylic acids is 1. The second kappa shape index (κ2) is 9.85. The third kappa shape index (κ3) is 5.29. The number of nitrogens with one attached hydrogen (secondary N) is 2. The monoisotopic (exact) mass is 382 g/mol. The molecule has 1 saturated heterocycles. The van der Waals surface area contributed by atoms with E-state index in [1.807, 2.05) is 37.4 Å². The summed E-state index contributed by atoms with van der Waals surface area (Å²) in [5, 5.41) is 6.64. The highest BCUT2D eigenvalue weighted by Gasteiger charge is 2.18. The van der Waals surface area contributed by atoms with Gasteiger partial charge in [-0.05, 0) is 43.5 Å². The van der Waals surface area contributed by atoms with Gasteiger partial charge in [0.15, 0.2) is 0 Å². The Morgan fingerprint density at radius 1 is 1.39 bits per heavy atom. The number of ether oxygens (including phenoxy) is 2. The smallest absolute Gasteiger partial charge is 0.330 e. The molecule has 0 bridgehead atoms. The van der Waals surface area contributed by atoms with Gasteiger partial charge in [0.1, 0.15) is 5.82 Å². The van der Waals surface area contributed by atoms with Crippen molar-refractivity contribution in [1.82, 2.24) is 9.97 Å². The van der Waals surface area contributed by atoms with E-state index in [0.717, 1.165) is 42.1 Å². The molecule has 0 radical (unpaired) electrons. The van der Waals surface area contributed by atoms with E-state index in [0.29, 0.717) is 19.2 Å². The van der Waals surface area contributed by atoms with Gasteiger partial charge in [-0.15, -0.1) is 0 Å². The first-order chi connectivity index (χ1) is 13.7. The third-order valence-corrected chi connectivity index (χ3v) is 4.29. The molecule has 1 aromatic heterocycles. The molecule has 2 N–H and O–H groups in total. The average molecular weight is 382 g/mol. The van der Waals surface area contributed by atoms with Crippen LogP contribution >= 0.6 is 0 Å². The lowest BCUT2D eigenvalue weighted by molar-refractivity contribution is -0.137. The molecule has 0 saturated carbocycles. The molecular weight excluding hydrogens is 356 g/mol. The summed E-state index contributed by atoms with van der Waals surface area (Å²) in [6, 6.07) is 8.11. The highest BCUT2D eigenvalue weighted by Crippen LogP contribution is 2.29. The Balaban J connectivity index is 1.88. The van der Waals surface area contributed by atoms with Crippen LogP contribution in [-0.4, -0.2) is 48.3 Å². The van der Waals surface area contributed by atoms with Gasteiger partial charge >= 0.3 is 5.97 Å². The number of hydrogen-bond acceptors (Lipinski definition) is 7. The average Bonchev–Trinajstić information content (AvgIpc) is 3.20. The number of carbonyl (C=O) groups is 1. The molecule has 0 amide bonds. The number of aromatic nitrogens is 2. The highest BCUT2D eigenvalue weighted by atomic mass is 16.5. The normalized spacial score (nSPS) is 16.3. The summed E-state index contributed by atoms with van der Waals surface area (Å²) < 4.78 is 10.4. The van der Waals surface area contributed by atoms with E-state index >= 15 is 0 Å². The highest BCUT2D eigenvalue weighted by molar-refractivity contribution is 5.87. The summed E-state index contributed by atoms with van der Waals surface area (Å²) >= 11 is 0. The zero-order valence-corrected chi connectivity index (χ0v) is 16.3. The van der Waals surface area contributed by atoms with Crippen molar-refractivity contribution in [3.8, 4) is 11.1 Å². The number of benzene rings is 1. The summed E-state index contributed by atoms with van der Waals surface area (Å²) in [4.78, 5) is 20.6. The Morgan fingerprint density at radius 2 is 2.29 bits per heavy atom. The molecule has 1 aliphatic rings. The third-order valence-electron chi connectivity index (χ3n) is 4.29. The maximum atomic E-state index is 11.6. The van der Waals surface area contributed by atoms with E-state index < -0.39 is 0 Å². The molecule has 0 spiro atoms. The van der Waals surface area contributed by atoms with Gasteiger partial charge in [0.25, 0.3) is 0 Å². The molecule has 1 aromatic carbocycles. The van der Waals surface area contributed by atoms with Crippen LogP contribution in [0.25, 0.3) is 17.2 Å². The zero-order valence-electron chi connectivity index (χ0n) is 16.3. The van der Waals surface area contributed by atoms with Crippen molar-refractivity contribution in [1.29, 1.82) is 0 Å². The van der Waals surface area contributed by atoms with E-state index in [4.69, 9.17) is 9.47 Å². The Kier molecular flexibility index (Phi) is 6.97. The van der Waals surface area contributed by atoms with Gasteiger partial charge in [0.05, 0.1) is 19.3 Å². The lowest BCUT2D eigenvalue weighted by atomic mass is 10.0. The number of hydrogen-bond donors (Lipinski definition) is 2. The first kappa shape index (κ1) is 19.8. The predicted molar refractivity (Wildman–Crippen MR) is 110 cm³/mol. The molecule has 1 aliphatic heterocycles. The topological polar surface area (TPSA) is 85.4 Å². The van der Waals surface area contributed by atoms with Crippen LogP contribution in [0.5, 0.6) is 0 Å². The summed E-state index contributed by atoms with van der Waals surface area (Å²) in [5.41, 5.74) is 2.77. The Morgan fingerprint density at radius 3 is 3.04 bits per heavy atom. The molecule has 148 valence electrons. The molecule has 0 unspecified atom stereocenters. The van der Waals surface area contributed by atoms with E-state index in [2.05, 4.69) is 20.6 Å².